The summed E-state index contributed by atoms with van der Waals surface area (Å²) in [7, 11) is 0. The lowest BCUT2D eigenvalue weighted by atomic mass is 9.93. The van der Waals surface area contributed by atoms with Crippen molar-refractivity contribution in [2.75, 3.05) is 13.1 Å². The molecular formula is C37H44N6O2. The second-order valence-corrected chi connectivity index (χ2v) is 14.3. The number of amides is 1. The minimum atomic E-state index is -0.517. The number of ether oxygens (including phenoxy) is 1. The fourth-order valence-corrected chi connectivity index (χ4v) is 7.83. The summed E-state index contributed by atoms with van der Waals surface area (Å²) >= 11 is 0. The molecule has 2 aliphatic carbocycles. The predicted octanol–water partition coefficient (Wildman–Crippen LogP) is 7.61. The van der Waals surface area contributed by atoms with Crippen molar-refractivity contribution >= 4 is 6.09 Å². The van der Waals surface area contributed by atoms with Crippen LogP contribution in [0, 0.1) is 0 Å². The van der Waals surface area contributed by atoms with Gasteiger partial charge in [-0.2, -0.15) is 0 Å². The zero-order valence-corrected chi connectivity index (χ0v) is 26.8. The molecule has 0 bridgehead atoms. The van der Waals surface area contributed by atoms with Crippen LogP contribution in [-0.2, 0) is 30.4 Å². The van der Waals surface area contributed by atoms with Gasteiger partial charge in [0, 0.05) is 29.1 Å². The minimum Gasteiger partial charge on any atom is -0.444 e. The van der Waals surface area contributed by atoms with Crippen LogP contribution in [-0.4, -0.2) is 49.6 Å². The Morgan fingerprint density at radius 3 is 2.02 bits per heavy atom. The Bertz CT molecular complexity index is 1750. The Labute approximate surface area is 265 Å². The second-order valence-electron chi connectivity index (χ2n) is 14.3. The molecule has 234 valence electrons. The van der Waals surface area contributed by atoms with Gasteiger partial charge in [-0.3, -0.25) is 4.90 Å². The largest absolute Gasteiger partial charge is 0.444 e. The maximum atomic E-state index is 13.0. The molecule has 2 aromatic carbocycles. The fourth-order valence-electron chi connectivity index (χ4n) is 7.83. The fraction of sp³-hybridized carbons (Fsp3) is 0.486. The highest BCUT2D eigenvalue weighted by Crippen LogP contribution is 2.40. The number of likely N-dealkylation sites (tertiary alicyclic amines) is 1. The highest BCUT2D eigenvalue weighted by molar-refractivity contribution is 5.77. The van der Waals surface area contributed by atoms with Gasteiger partial charge in [-0.1, -0.05) is 36.4 Å². The normalized spacial score (nSPS) is 21.0. The van der Waals surface area contributed by atoms with Crippen molar-refractivity contribution in [1.82, 2.24) is 30.2 Å². The lowest BCUT2D eigenvalue weighted by Gasteiger charge is -2.27. The summed E-state index contributed by atoms with van der Waals surface area (Å²) in [6.45, 7) is 7.53. The van der Waals surface area contributed by atoms with Gasteiger partial charge in [-0.25, -0.2) is 14.8 Å². The lowest BCUT2D eigenvalue weighted by molar-refractivity contribution is 0.0218. The van der Waals surface area contributed by atoms with Crippen LogP contribution in [0.1, 0.15) is 106 Å². The Kier molecular flexibility index (Phi) is 7.08. The molecule has 8 rings (SSSR count). The van der Waals surface area contributed by atoms with Crippen LogP contribution in [0.25, 0.3) is 33.6 Å². The number of aromatic nitrogens is 4. The van der Waals surface area contributed by atoms with Crippen LogP contribution in [0.2, 0.25) is 0 Å². The average molecular weight is 605 g/mol. The molecule has 4 heterocycles. The third kappa shape index (κ3) is 5.37. The molecule has 45 heavy (non-hydrogen) atoms. The highest BCUT2D eigenvalue weighted by Gasteiger charge is 2.36. The van der Waals surface area contributed by atoms with E-state index in [-0.39, 0.29) is 12.1 Å². The van der Waals surface area contributed by atoms with Gasteiger partial charge < -0.3 is 20.0 Å². The maximum absolute atomic E-state index is 13.0. The van der Waals surface area contributed by atoms with Crippen LogP contribution in [0.5, 0.6) is 0 Å². The summed E-state index contributed by atoms with van der Waals surface area (Å²) in [5.41, 5.74) is 11.9. The van der Waals surface area contributed by atoms with E-state index < -0.39 is 5.60 Å². The van der Waals surface area contributed by atoms with Crippen molar-refractivity contribution in [3.63, 3.8) is 0 Å². The maximum Gasteiger partial charge on any atom is 0.410 e. The van der Waals surface area contributed by atoms with Gasteiger partial charge in [0.15, 0.2) is 0 Å². The Morgan fingerprint density at radius 1 is 0.800 bits per heavy atom. The van der Waals surface area contributed by atoms with E-state index in [4.69, 9.17) is 14.7 Å². The molecule has 0 unspecified atom stereocenters. The Morgan fingerprint density at radius 2 is 1.42 bits per heavy atom. The number of aromatic amines is 2. The number of imidazole rings is 2. The number of fused-ring (bicyclic) bond motifs is 6. The van der Waals surface area contributed by atoms with E-state index in [9.17, 15) is 4.79 Å². The molecule has 0 radical (unpaired) electrons. The van der Waals surface area contributed by atoms with Crippen molar-refractivity contribution in [2.45, 2.75) is 103 Å². The van der Waals surface area contributed by atoms with Crippen molar-refractivity contribution in [3.8, 4) is 33.6 Å². The summed E-state index contributed by atoms with van der Waals surface area (Å²) in [6.07, 6.45) is 10.3. The number of carbonyl (C=O) groups excluding carboxylic acids is 1. The number of aryl methyl sites for hydroxylation is 4. The van der Waals surface area contributed by atoms with E-state index >= 15 is 0 Å². The molecule has 3 N–H and O–H groups in total. The van der Waals surface area contributed by atoms with E-state index in [1.165, 1.54) is 51.2 Å². The van der Waals surface area contributed by atoms with Crippen molar-refractivity contribution < 1.29 is 9.53 Å². The second kappa shape index (κ2) is 11.2. The number of benzene rings is 2. The quantitative estimate of drug-likeness (QED) is 0.224. The molecule has 0 saturated carbocycles. The van der Waals surface area contributed by atoms with Gasteiger partial charge in [0.1, 0.15) is 17.2 Å². The van der Waals surface area contributed by atoms with Gasteiger partial charge >= 0.3 is 6.09 Å². The first-order valence-corrected chi connectivity index (χ1v) is 17.0. The summed E-state index contributed by atoms with van der Waals surface area (Å²) in [5.74, 6) is 1.99. The van der Waals surface area contributed by atoms with E-state index in [0.717, 1.165) is 87.4 Å². The van der Waals surface area contributed by atoms with Crippen LogP contribution in [0.3, 0.4) is 0 Å². The van der Waals surface area contributed by atoms with Gasteiger partial charge in [0.05, 0.1) is 23.5 Å². The van der Waals surface area contributed by atoms with Crippen LogP contribution < -0.4 is 5.32 Å². The third-order valence-corrected chi connectivity index (χ3v) is 9.98. The van der Waals surface area contributed by atoms with E-state index in [1.54, 1.807) is 0 Å². The van der Waals surface area contributed by atoms with Gasteiger partial charge in [0.2, 0.25) is 0 Å². The van der Waals surface area contributed by atoms with Crippen LogP contribution in [0.15, 0.2) is 36.4 Å². The number of hydrogen-bond donors (Lipinski definition) is 3. The van der Waals surface area contributed by atoms with Crippen molar-refractivity contribution in [3.05, 3.63) is 70.6 Å². The number of carbonyl (C=O) groups is 1. The average Bonchev–Trinajstić information content (AvgIpc) is 3.81. The number of rotatable bonds is 3. The molecule has 2 fully saturated rings. The molecule has 1 amide bonds. The molecule has 0 spiro atoms. The number of H-pyrrole nitrogens is 2. The molecule has 8 nitrogen and oxygen atoms in total. The molecule has 2 saturated heterocycles. The number of hydrogen-bond acceptors (Lipinski definition) is 5. The van der Waals surface area contributed by atoms with Crippen LogP contribution in [0.4, 0.5) is 4.79 Å². The summed E-state index contributed by atoms with van der Waals surface area (Å²) in [4.78, 5) is 32.5. The number of nitrogens with one attached hydrogen (secondary N) is 3. The SMILES string of the molecule is CC(C)(C)OC(=O)N1CCC[C@H]1c1nc2c([nH]1)CCCc1cc(-c3ccc4c(c3)CCCc3[nH]c([C@@H]5CCCN5)nc3-4)ccc1-2. The summed E-state index contributed by atoms with van der Waals surface area (Å²) in [6, 6.07) is 14.1. The minimum absolute atomic E-state index is 0.0744. The van der Waals surface area contributed by atoms with Crippen molar-refractivity contribution in [1.29, 1.82) is 0 Å². The third-order valence-electron chi connectivity index (χ3n) is 9.98. The first-order valence-electron chi connectivity index (χ1n) is 17.0. The molecule has 2 aromatic heterocycles. The molecule has 8 heteroatoms. The van der Waals surface area contributed by atoms with Crippen LogP contribution >= 0.6 is 0 Å². The molecule has 2 atom stereocenters. The summed E-state index contributed by atoms with van der Waals surface area (Å²) < 4.78 is 5.73. The van der Waals surface area contributed by atoms with Gasteiger partial charge in [-0.15, -0.1) is 0 Å². The smallest absolute Gasteiger partial charge is 0.410 e. The standard InChI is InChI=1S/C37H44N6O2/c1-37(2,3)45-36(44)43-19-7-13-31(43)35-40-29-11-5-9-25-21-23(15-17-27(25)33(29)42-35)22-14-16-26-24(20-22)8-4-10-28-32(26)41-34(39-28)30-12-6-18-38-30/h14-17,20-21,30-31,38H,4-13,18-19H2,1-3H3,(H,39,41)(H,40,42)/t30-,31-/m0/s1. The molecule has 2 aliphatic heterocycles. The molecular weight excluding hydrogens is 560 g/mol. The van der Waals surface area contributed by atoms with Gasteiger partial charge in [0.25, 0.3) is 0 Å². The first-order chi connectivity index (χ1) is 21.8. The Hall–Kier alpha value is -3.91. The van der Waals surface area contributed by atoms with Crippen molar-refractivity contribution in [2.24, 2.45) is 0 Å². The molecule has 4 aromatic rings. The van der Waals surface area contributed by atoms with E-state index in [2.05, 4.69) is 51.7 Å². The first kappa shape index (κ1) is 28.6. The van der Waals surface area contributed by atoms with E-state index in [0.29, 0.717) is 12.6 Å². The Balaban J connectivity index is 1.08. The highest BCUT2D eigenvalue weighted by atomic mass is 16.6. The zero-order valence-electron chi connectivity index (χ0n) is 26.8. The van der Waals surface area contributed by atoms with Gasteiger partial charge in [-0.05, 0) is 114 Å². The van der Waals surface area contributed by atoms with E-state index in [1.807, 2.05) is 25.7 Å². The molecule has 4 aliphatic rings. The number of nitrogens with zero attached hydrogens (tertiary/aromatic N) is 3. The predicted molar refractivity (Wildman–Crippen MR) is 176 cm³/mol. The summed E-state index contributed by atoms with van der Waals surface area (Å²) in [5, 5.41) is 3.60. The lowest BCUT2D eigenvalue weighted by Crippen LogP contribution is -2.36. The monoisotopic (exact) mass is 604 g/mol. The topological polar surface area (TPSA) is 98.9 Å². The zero-order chi connectivity index (χ0) is 30.7.